The van der Waals surface area contributed by atoms with E-state index in [4.69, 9.17) is 11.5 Å². The molecular formula is C7H9FN4OS. The Kier molecular flexibility index (Phi) is 3.13. The van der Waals surface area contributed by atoms with Crippen LogP contribution in [0.3, 0.4) is 0 Å². The van der Waals surface area contributed by atoms with Gasteiger partial charge in [0.15, 0.2) is 11.6 Å². The Bertz CT molecular complexity index is 417. The zero-order chi connectivity index (χ0) is 10.7. The molecule has 0 spiro atoms. The molecule has 0 saturated heterocycles. The first kappa shape index (κ1) is 10.6. The number of nitrogens with zero attached hydrogens (tertiary/aromatic N) is 2. The van der Waals surface area contributed by atoms with Crippen LogP contribution in [-0.2, 0) is 6.54 Å². The first-order chi connectivity index (χ1) is 6.50. The molecule has 1 aromatic rings. The van der Waals surface area contributed by atoms with Crippen LogP contribution in [0.2, 0.25) is 0 Å². The summed E-state index contributed by atoms with van der Waals surface area (Å²) in [5, 5.41) is 0. The topological polar surface area (TPSA) is 86.9 Å². The molecular weight excluding hydrogens is 207 g/mol. The third-order valence-corrected chi connectivity index (χ3v) is 1.78. The number of thiocarbonyl (C=S) groups is 1. The predicted octanol–water partition coefficient (Wildman–Crippen LogP) is -0.359. The molecule has 0 radical (unpaired) electrons. The van der Waals surface area contributed by atoms with E-state index in [1.165, 1.54) is 0 Å². The van der Waals surface area contributed by atoms with Gasteiger partial charge in [-0.2, -0.15) is 4.98 Å². The maximum atomic E-state index is 12.9. The van der Waals surface area contributed by atoms with Crippen molar-refractivity contribution in [3.05, 3.63) is 22.5 Å². The molecule has 0 atom stereocenters. The molecule has 1 aromatic heterocycles. The maximum absolute atomic E-state index is 12.9. The van der Waals surface area contributed by atoms with Crippen LogP contribution >= 0.6 is 12.2 Å². The number of halogens is 1. The van der Waals surface area contributed by atoms with Crippen molar-refractivity contribution in [1.29, 1.82) is 0 Å². The number of aryl methyl sites for hydroxylation is 1. The van der Waals surface area contributed by atoms with E-state index in [-0.39, 0.29) is 11.5 Å². The van der Waals surface area contributed by atoms with Gasteiger partial charge in [0, 0.05) is 19.2 Å². The average Bonchev–Trinajstić information content (AvgIpc) is 2.09. The van der Waals surface area contributed by atoms with Gasteiger partial charge in [0.25, 0.3) is 0 Å². The first-order valence-electron chi connectivity index (χ1n) is 3.81. The van der Waals surface area contributed by atoms with Gasteiger partial charge >= 0.3 is 5.69 Å². The smallest absolute Gasteiger partial charge is 0.349 e. The summed E-state index contributed by atoms with van der Waals surface area (Å²) in [5.41, 5.74) is 9.72. The van der Waals surface area contributed by atoms with Crippen LogP contribution in [-0.4, -0.2) is 14.5 Å². The van der Waals surface area contributed by atoms with E-state index < -0.39 is 17.3 Å². The molecule has 0 aliphatic carbocycles. The molecule has 0 bridgehead atoms. The van der Waals surface area contributed by atoms with E-state index in [0.717, 1.165) is 10.8 Å². The van der Waals surface area contributed by atoms with Gasteiger partial charge in [-0.05, 0) is 0 Å². The minimum absolute atomic E-state index is 0.207. The Balaban J connectivity index is 2.93. The van der Waals surface area contributed by atoms with Crippen molar-refractivity contribution < 1.29 is 4.39 Å². The molecule has 0 aliphatic heterocycles. The van der Waals surface area contributed by atoms with Crippen molar-refractivity contribution in [2.24, 2.45) is 5.73 Å². The molecule has 0 unspecified atom stereocenters. The lowest BCUT2D eigenvalue weighted by atomic mass is 10.4. The van der Waals surface area contributed by atoms with Crippen LogP contribution in [0, 0.1) is 5.82 Å². The quantitative estimate of drug-likeness (QED) is 0.674. The zero-order valence-corrected chi connectivity index (χ0v) is 8.05. The van der Waals surface area contributed by atoms with Gasteiger partial charge in [-0.1, -0.05) is 12.2 Å². The summed E-state index contributed by atoms with van der Waals surface area (Å²) in [6, 6.07) is 0. The first-order valence-corrected chi connectivity index (χ1v) is 4.22. The Hall–Kier alpha value is -1.50. The van der Waals surface area contributed by atoms with Gasteiger partial charge in [0.2, 0.25) is 0 Å². The van der Waals surface area contributed by atoms with Crippen LogP contribution in [0.25, 0.3) is 0 Å². The summed E-state index contributed by atoms with van der Waals surface area (Å²) in [6.45, 7) is 0.207. The van der Waals surface area contributed by atoms with Gasteiger partial charge in [0.1, 0.15) is 0 Å². The predicted molar refractivity (Wildman–Crippen MR) is 54.3 cm³/mol. The Morgan fingerprint density at radius 3 is 2.93 bits per heavy atom. The number of hydrogen-bond donors (Lipinski definition) is 2. The van der Waals surface area contributed by atoms with Crippen molar-refractivity contribution in [2.75, 3.05) is 5.73 Å². The third-order valence-electron chi connectivity index (χ3n) is 1.57. The molecule has 4 N–H and O–H groups in total. The van der Waals surface area contributed by atoms with Crippen molar-refractivity contribution in [3.63, 3.8) is 0 Å². The fourth-order valence-electron chi connectivity index (χ4n) is 0.870. The summed E-state index contributed by atoms with van der Waals surface area (Å²) in [7, 11) is 0. The highest BCUT2D eigenvalue weighted by Gasteiger charge is 2.04. The van der Waals surface area contributed by atoms with E-state index in [0.29, 0.717) is 6.42 Å². The largest absolute Gasteiger partial charge is 0.393 e. The van der Waals surface area contributed by atoms with Gasteiger partial charge in [-0.15, -0.1) is 0 Å². The molecule has 5 nitrogen and oxygen atoms in total. The van der Waals surface area contributed by atoms with Gasteiger partial charge in [0.05, 0.1) is 4.99 Å². The molecule has 1 heterocycles. The number of nitrogens with two attached hydrogens (primary N) is 2. The molecule has 0 amide bonds. The SMILES string of the molecule is NC(=S)CCn1cc(F)c(N)nc1=O. The van der Waals surface area contributed by atoms with E-state index in [1.54, 1.807) is 0 Å². The van der Waals surface area contributed by atoms with Crippen LogP contribution in [0.15, 0.2) is 11.0 Å². The Morgan fingerprint density at radius 1 is 1.71 bits per heavy atom. The van der Waals surface area contributed by atoms with Gasteiger partial charge < -0.3 is 11.5 Å². The molecule has 7 heteroatoms. The number of aromatic nitrogens is 2. The molecule has 0 aliphatic rings. The fourth-order valence-corrected chi connectivity index (χ4v) is 0.961. The van der Waals surface area contributed by atoms with Crippen LogP contribution < -0.4 is 17.2 Å². The fraction of sp³-hybridized carbons (Fsp3) is 0.286. The van der Waals surface area contributed by atoms with Crippen LogP contribution in [0.4, 0.5) is 10.2 Å². The second-order valence-corrected chi connectivity index (χ2v) is 3.19. The Morgan fingerprint density at radius 2 is 2.36 bits per heavy atom. The highest BCUT2D eigenvalue weighted by atomic mass is 32.1. The number of anilines is 1. The monoisotopic (exact) mass is 216 g/mol. The van der Waals surface area contributed by atoms with Crippen molar-refractivity contribution in [2.45, 2.75) is 13.0 Å². The molecule has 76 valence electrons. The standard InChI is InChI=1S/C7H9FN4OS/c8-4-3-12(2-1-5(9)14)7(13)11-6(4)10/h3H,1-2H2,(H2,9,14)(H2,10,11,13). The van der Waals surface area contributed by atoms with E-state index >= 15 is 0 Å². The third kappa shape index (κ3) is 2.49. The summed E-state index contributed by atoms with van der Waals surface area (Å²) in [6.07, 6.45) is 1.31. The highest BCUT2D eigenvalue weighted by molar-refractivity contribution is 7.80. The molecule has 0 fully saturated rings. The molecule has 0 aromatic carbocycles. The Labute approximate surface area is 84.5 Å². The number of hydrogen-bond acceptors (Lipinski definition) is 4. The molecule has 1 rings (SSSR count). The second-order valence-electron chi connectivity index (χ2n) is 2.67. The lowest BCUT2D eigenvalue weighted by Crippen LogP contribution is -2.26. The van der Waals surface area contributed by atoms with E-state index in [9.17, 15) is 9.18 Å². The lowest BCUT2D eigenvalue weighted by Gasteiger charge is -2.04. The normalized spacial score (nSPS) is 10.1. The van der Waals surface area contributed by atoms with Crippen molar-refractivity contribution >= 4 is 23.0 Å². The van der Waals surface area contributed by atoms with E-state index in [1.807, 2.05) is 0 Å². The summed E-state index contributed by atoms with van der Waals surface area (Å²) < 4.78 is 13.9. The number of nitrogen functional groups attached to an aromatic ring is 1. The second kappa shape index (κ2) is 4.14. The molecule has 14 heavy (non-hydrogen) atoms. The van der Waals surface area contributed by atoms with Crippen LogP contribution in [0.5, 0.6) is 0 Å². The lowest BCUT2D eigenvalue weighted by molar-refractivity contribution is 0.574. The highest BCUT2D eigenvalue weighted by Crippen LogP contribution is 2.01. The minimum atomic E-state index is -0.729. The summed E-state index contributed by atoms with van der Waals surface area (Å²) in [4.78, 5) is 14.7. The summed E-state index contributed by atoms with van der Waals surface area (Å²) in [5.74, 6) is -1.13. The minimum Gasteiger partial charge on any atom is -0.393 e. The summed E-state index contributed by atoms with van der Waals surface area (Å²) >= 11 is 4.62. The van der Waals surface area contributed by atoms with Crippen molar-refractivity contribution in [3.8, 4) is 0 Å². The molecule has 0 saturated carbocycles. The average molecular weight is 216 g/mol. The van der Waals surface area contributed by atoms with Crippen molar-refractivity contribution in [1.82, 2.24) is 9.55 Å². The zero-order valence-electron chi connectivity index (χ0n) is 7.24. The maximum Gasteiger partial charge on any atom is 0.349 e. The van der Waals surface area contributed by atoms with Crippen LogP contribution in [0.1, 0.15) is 6.42 Å². The number of rotatable bonds is 3. The van der Waals surface area contributed by atoms with Gasteiger partial charge in [-0.3, -0.25) is 4.57 Å². The van der Waals surface area contributed by atoms with Gasteiger partial charge in [-0.25, -0.2) is 9.18 Å². The van der Waals surface area contributed by atoms with E-state index in [2.05, 4.69) is 17.2 Å².